The largest absolute Gasteiger partial charge is 0.480 e. The first-order valence-corrected chi connectivity index (χ1v) is 6.32. The summed E-state index contributed by atoms with van der Waals surface area (Å²) in [5.41, 5.74) is 0. The standard InChI is InChI=1S/C12H22N2O3/c1-3-5-9(12(16)17)14-11(15)10-8(2)6-4-7-13-10/h8-10,13H,3-7H2,1-2H3,(H,14,15)(H,16,17)/t8?,9-,10?/m1/s1. The maximum atomic E-state index is 12.0. The molecular formula is C12H22N2O3. The number of carbonyl (C=O) groups excluding carboxylic acids is 1. The van der Waals surface area contributed by atoms with E-state index in [1.165, 1.54) is 0 Å². The Kier molecular flexibility index (Phi) is 5.41. The van der Waals surface area contributed by atoms with E-state index in [4.69, 9.17) is 5.11 Å². The van der Waals surface area contributed by atoms with Crippen LogP contribution in [0.5, 0.6) is 0 Å². The number of rotatable bonds is 5. The molecule has 1 rings (SSSR count). The van der Waals surface area contributed by atoms with Crippen LogP contribution < -0.4 is 10.6 Å². The van der Waals surface area contributed by atoms with Gasteiger partial charge in [-0.3, -0.25) is 4.79 Å². The number of carbonyl (C=O) groups is 2. The molecule has 1 amide bonds. The van der Waals surface area contributed by atoms with Crippen molar-refractivity contribution in [3.05, 3.63) is 0 Å². The van der Waals surface area contributed by atoms with E-state index in [0.29, 0.717) is 6.42 Å². The predicted molar refractivity (Wildman–Crippen MR) is 64.7 cm³/mol. The Bertz CT molecular complexity index is 281. The first kappa shape index (κ1) is 14.0. The van der Waals surface area contributed by atoms with Crippen molar-refractivity contribution in [2.75, 3.05) is 6.54 Å². The fourth-order valence-electron chi connectivity index (χ4n) is 2.21. The third-order valence-corrected chi connectivity index (χ3v) is 3.24. The van der Waals surface area contributed by atoms with E-state index in [1.807, 2.05) is 13.8 Å². The van der Waals surface area contributed by atoms with Gasteiger partial charge in [0.25, 0.3) is 0 Å². The van der Waals surface area contributed by atoms with Crippen LogP contribution in [-0.4, -0.2) is 35.6 Å². The van der Waals surface area contributed by atoms with Gasteiger partial charge in [0.05, 0.1) is 6.04 Å². The Hall–Kier alpha value is -1.10. The third-order valence-electron chi connectivity index (χ3n) is 3.24. The maximum absolute atomic E-state index is 12.0. The van der Waals surface area contributed by atoms with Crippen LogP contribution in [0.25, 0.3) is 0 Å². The molecule has 3 atom stereocenters. The Morgan fingerprint density at radius 2 is 2.24 bits per heavy atom. The van der Waals surface area contributed by atoms with Crippen molar-refractivity contribution in [2.24, 2.45) is 5.92 Å². The molecule has 2 unspecified atom stereocenters. The normalized spacial score (nSPS) is 26.2. The highest BCUT2D eigenvalue weighted by molar-refractivity contribution is 5.87. The van der Waals surface area contributed by atoms with Crippen molar-refractivity contribution in [2.45, 2.75) is 51.6 Å². The van der Waals surface area contributed by atoms with Gasteiger partial charge in [-0.1, -0.05) is 20.3 Å². The summed E-state index contributed by atoms with van der Waals surface area (Å²) in [4.78, 5) is 22.9. The number of amides is 1. The molecule has 5 nitrogen and oxygen atoms in total. The smallest absolute Gasteiger partial charge is 0.326 e. The minimum Gasteiger partial charge on any atom is -0.480 e. The van der Waals surface area contributed by atoms with Crippen LogP contribution in [0.15, 0.2) is 0 Å². The summed E-state index contributed by atoms with van der Waals surface area (Å²) in [5.74, 6) is -0.874. The lowest BCUT2D eigenvalue weighted by molar-refractivity contribution is -0.142. The van der Waals surface area contributed by atoms with Crippen molar-refractivity contribution >= 4 is 11.9 Å². The summed E-state index contributed by atoms with van der Waals surface area (Å²) < 4.78 is 0. The minimum atomic E-state index is -0.955. The van der Waals surface area contributed by atoms with Gasteiger partial charge in [0.2, 0.25) is 5.91 Å². The van der Waals surface area contributed by atoms with Gasteiger partial charge in [-0.05, 0) is 31.7 Å². The van der Waals surface area contributed by atoms with Crippen molar-refractivity contribution < 1.29 is 14.7 Å². The fourth-order valence-corrected chi connectivity index (χ4v) is 2.21. The molecule has 3 N–H and O–H groups in total. The van der Waals surface area contributed by atoms with E-state index in [1.54, 1.807) is 0 Å². The van der Waals surface area contributed by atoms with Crippen LogP contribution in [0.2, 0.25) is 0 Å². The number of piperidine rings is 1. The molecule has 98 valence electrons. The first-order chi connectivity index (χ1) is 8.06. The lowest BCUT2D eigenvalue weighted by Gasteiger charge is -2.30. The molecule has 1 aliphatic heterocycles. The second kappa shape index (κ2) is 6.59. The van der Waals surface area contributed by atoms with E-state index >= 15 is 0 Å². The van der Waals surface area contributed by atoms with Gasteiger partial charge in [0.15, 0.2) is 0 Å². The number of aliphatic carboxylic acids is 1. The van der Waals surface area contributed by atoms with Gasteiger partial charge >= 0.3 is 5.97 Å². The molecule has 0 saturated carbocycles. The molecule has 1 saturated heterocycles. The molecule has 0 aliphatic carbocycles. The predicted octanol–water partition coefficient (Wildman–Crippen LogP) is 0.744. The molecule has 0 radical (unpaired) electrons. The number of hydrogen-bond donors (Lipinski definition) is 3. The highest BCUT2D eigenvalue weighted by Crippen LogP contribution is 2.15. The van der Waals surface area contributed by atoms with Gasteiger partial charge in [-0.2, -0.15) is 0 Å². The molecule has 17 heavy (non-hydrogen) atoms. The second-order valence-electron chi connectivity index (χ2n) is 4.74. The summed E-state index contributed by atoms with van der Waals surface area (Å²) in [6.45, 7) is 4.75. The molecule has 0 bridgehead atoms. The van der Waals surface area contributed by atoms with Gasteiger partial charge in [0, 0.05) is 0 Å². The lowest BCUT2D eigenvalue weighted by Crippen LogP contribution is -2.54. The Morgan fingerprint density at radius 3 is 2.76 bits per heavy atom. The van der Waals surface area contributed by atoms with Gasteiger partial charge in [-0.25, -0.2) is 4.79 Å². The zero-order valence-corrected chi connectivity index (χ0v) is 10.5. The molecule has 0 aromatic rings. The van der Waals surface area contributed by atoms with E-state index in [-0.39, 0.29) is 17.9 Å². The van der Waals surface area contributed by atoms with Crippen molar-refractivity contribution in [3.63, 3.8) is 0 Å². The number of carboxylic acids is 1. The summed E-state index contributed by atoms with van der Waals surface area (Å²) in [7, 11) is 0. The highest BCUT2D eigenvalue weighted by Gasteiger charge is 2.30. The minimum absolute atomic E-state index is 0.182. The van der Waals surface area contributed by atoms with Crippen LogP contribution in [0, 0.1) is 5.92 Å². The SMILES string of the molecule is CCC[C@@H](NC(=O)C1NCCCC1C)C(=O)O. The van der Waals surface area contributed by atoms with Gasteiger partial charge in [-0.15, -0.1) is 0 Å². The molecule has 0 aromatic heterocycles. The third kappa shape index (κ3) is 4.00. The summed E-state index contributed by atoms with van der Waals surface area (Å²) in [6.07, 6.45) is 3.30. The molecular weight excluding hydrogens is 220 g/mol. The van der Waals surface area contributed by atoms with Crippen LogP contribution in [0.3, 0.4) is 0 Å². The summed E-state index contributed by atoms with van der Waals surface area (Å²) >= 11 is 0. The monoisotopic (exact) mass is 242 g/mol. The molecule has 1 aliphatic rings. The molecule has 1 fully saturated rings. The Morgan fingerprint density at radius 1 is 1.53 bits per heavy atom. The van der Waals surface area contributed by atoms with Crippen LogP contribution in [0.1, 0.15) is 39.5 Å². The quantitative estimate of drug-likeness (QED) is 0.664. The maximum Gasteiger partial charge on any atom is 0.326 e. The van der Waals surface area contributed by atoms with E-state index in [9.17, 15) is 9.59 Å². The first-order valence-electron chi connectivity index (χ1n) is 6.32. The highest BCUT2D eigenvalue weighted by atomic mass is 16.4. The van der Waals surface area contributed by atoms with Gasteiger partial charge < -0.3 is 15.7 Å². The van der Waals surface area contributed by atoms with Gasteiger partial charge in [0.1, 0.15) is 6.04 Å². The van der Waals surface area contributed by atoms with E-state index in [0.717, 1.165) is 25.8 Å². The zero-order chi connectivity index (χ0) is 12.8. The van der Waals surface area contributed by atoms with Crippen LogP contribution in [-0.2, 0) is 9.59 Å². The Balaban J connectivity index is 2.53. The zero-order valence-electron chi connectivity index (χ0n) is 10.5. The van der Waals surface area contributed by atoms with Crippen molar-refractivity contribution in [1.29, 1.82) is 0 Å². The second-order valence-corrected chi connectivity index (χ2v) is 4.74. The lowest BCUT2D eigenvalue weighted by atomic mass is 9.92. The average molecular weight is 242 g/mol. The van der Waals surface area contributed by atoms with Crippen molar-refractivity contribution in [3.8, 4) is 0 Å². The van der Waals surface area contributed by atoms with Crippen LogP contribution in [0.4, 0.5) is 0 Å². The molecule has 0 spiro atoms. The molecule has 5 heteroatoms. The van der Waals surface area contributed by atoms with E-state index in [2.05, 4.69) is 10.6 Å². The van der Waals surface area contributed by atoms with Crippen molar-refractivity contribution in [1.82, 2.24) is 10.6 Å². The fraction of sp³-hybridized carbons (Fsp3) is 0.833. The average Bonchev–Trinajstić information content (AvgIpc) is 2.28. The topological polar surface area (TPSA) is 78.4 Å². The summed E-state index contributed by atoms with van der Waals surface area (Å²) in [6, 6.07) is -1.01. The number of carboxylic acid groups (broad SMARTS) is 1. The Labute approximate surface area is 102 Å². The molecule has 1 heterocycles. The van der Waals surface area contributed by atoms with Crippen LogP contribution >= 0.6 is 0 Å². The molecule has 0 aromatic carbocycles. The number of hydrogen-bond acceptors (Lipinski definition) is 3. The number of nitrogens with one attached hydrogen (secondary N) is 2. The van der Waals surface area contributed by atoms with E-state index < -0.39 is 12.0 Å². The summed E-state index contributed by atoms with van der Waals surface area (Å²) in [5, 5.41) is 14.7.